The zero-order chi connectivity index (χ0) is 21.8. The molecule has 1 amide bonds. The molecule has 154 valence electrons. The molecule has 2 heterocycles. The number of benzene rings is 2. The molecule has 8 heteroatoms. The third-order valence-corrected chi connectivity index (χ3v) is 4.76. The number of amides is 1. The summed E-state index contributed by atoms with van der Waals surface area (Å²) in [6.45, 7) is 0.144. The van der Waals surface area contributed by atoms with Gasteiger partial charge in [0.05, 0.1) is 5.69 Å². The van der Waals surface area contributed by atoms with Gasteiger partial charge < -0.3 is 10.4 Å². The number of carbonyl (C=O) groups is 2. The summed E-state index contributed by atoms with van der Waals surface area (Å²) in [7, 11) is 0. The number of nitrogens with zero attached hydrogens (tertiary/aromatic N) is 2. The number of nitrogens with one attached hydrogen (secondary N) is 2. The number of carbonyl (C=O) groups excluding carboxylic acids is 2. The van der Waals surface area contributed by atoms with E-state index < -0.39 is 11.4 Å². The van der Waals surface area contributed by atoms with Crippen LogP contribution in [0.2, 0.25) is 0 Å². The van der Waals surface area contributed by atoms with E-state index in [2.05, 4.69) is 10.4 Å². The van der Waals surface area contributed by atoms with Gasteiger partial charge in [0, 0.05) is 17.8 Å². The van der Waals surface area contributed by atoms with E-state index in [9.17, 15) is 19.5 Å². The Morgan fingerprint density at radius 3 is 2.26 bits per heavy atom. The van der Waals surface area contributed by atoms with Gasteiger partial charge in [-0.1, -0.05) is 30.3 Å². The Bertz CT molecular complexity index is 1270. The molecule has 0 aliphatic rings. The Kier molecular flexibility index (Phi) is 5.44. The van der Waals surface area contributed by atoms with Crippen LogP contribution in [0, 0.1) is 0 Å². The zero-order valence-electron chi connectivity index (χ0n) is 16.4. The molecule has 31 heavy (non-hydrogen) atoms. The second kappa shape index (κ2) is 8.50. The lowest BCUT2D eigenvalue weighted by Gasteiger charge is -2.07. The molecule has 2 aromatic heterocycles. The van der Waals surface area contributed by atoms with Gasteiger partial charge >= 0.3 is 0 Å². The Labute approximate surface area is 177 Å². The average Bonchev–Trinajstić information content (AvgIpc) is 3.08. The minimum Gasteiger partial charge on any atom is -0.493 e. The summed E-state index contributed by atoms with van der Waals surface area (Å²) in [6, 6.07) is 20.3. The van der Waals surface area contributed by atoms with E-state index in [4.69, 9.17) is 0 Å². The molecule has 4 aromatic rings. The Balaban J connectivity index is 1.41. The largest absolute Gasteiger partial charge is 0.493 e. The van der Waals surface area contributed by atoms with Crippen LogP contribution in [0.4, 0.5) is 5.69 Å². The summed E-state index contributed by atoms with van der Waals surface area (Å²) in [5.41, 5.74) is 2.14. The van der Waals surface area contributed by atoms with Crippen molar-refractivity contribution in [3.63, 3.8) is 0 Å². The van der Waals surface area contributed by atoms with Gasteiger partial charge in [-0.05, 0) is 35.4 Å². The molecule has 0 spiro atoms. The fraction of sp³-hybridized carbons (Fsp3) is 0.0435. The van der Waals surface area contributed by atoms with Crippen LogP contribution in [0.15, 0.2) is 83.9 Å². The Hall–Kier alpha value is -4.46. The van der Waals surface area contributed by atoms with Gasteiger partial charge in [0.15, 0.2) is 18.7 Å². The van der Waals surface area contributed by atoms with Gasteiger partial charge in [-0.3, -0.25) is 19.5 Å². The smallest absolute Gasteiger partial charge is 0.290 e. The van der Waals surface area contributed by atoms with Crippen molar-refractivity contribution >= 4 is 17.9 Å². The number of aromatic nitrogens is 3. The molecule has 4 rings (SSSR count). The summed E-state index contributed by atoms with van der Waals surface area (Å²) >= 11 is 0. The van der Waals surface area contributed by atoms with Gasteiger partial charge in [0.1, 0.15) is 5.56 Å². The monoisotopic (exact) mass is 415 g/mol. The highest BCUT2D eigenvalue weighted by molar-refractivity contribution is 5.89. The number of hydrogen-bond donors (Lipinski definition) is 3. The molecule has 0 radical (unpaired) electrons. The van der Waals surface area contributed by atoms with Crippen LogP contribution >= 0.6 is 0 Å². The molecular formula is C23H19N4O4+. The first kappa shape index (κ1) is 19.8. The van der Waals surface area contributed by atoms with E-state index in [0.29, 0.717) is 17.7 Å². The first-order valence-corrected chi connectivity index (χ1v) is 9.49. The number of aromatic amines is 1. The van der Waals surface area contributed by atoms with E-state index in [1.807, 2.05) is 54.9 Å². The lowest BCUT2D eigenvalue weighted by Crippen LogP contribution is -2.39. The third kappa shape index (κ3) is 4.27. The van der Waals surface area contributed by atoms with Gasteiger partial charge in [-0.15, -0.1) is 0 Å². The van der Waals surface area contributed by atoms with Crippen LogP contribution in [0.25, 0.3) is 16.8 Å². The number of H-pyrrole nitrogens is 1. The van der Waals surface area contributed by atoms with E-state index in [1.54, 1.807) is 28.8 Å². The van der Waals surface area contributed by atoms with E-state index in [0.717, 1.165) is 15.8 Å². The molecule has 0 aliphatic carbocycles. The summed E-state index contributed by atoms with van der Waals surface area (Å²) in [5, 5.41) is 15.1. The Morgan fingerprint density at radius 1 is 1.00 bits per heavy atom. The summed E-state index contributed by atoms with van der Waals surface area (Å²) in [4.78, 5) is 34.9. The first-order chi connectivity index (χ1) is 15.0. The highest BCUT2D eigenvalue weighted by atomic mass is 16.3. The van der Waals surface area contributed by atoms with Crippen molar-refractivity contribution in [1.29, 1.82) is 0 Å². The lowest BCUT2D eigenvalue weighted by atomic mass is 10.1. The van der Waals surface area contributed by atoms with Crippen LogP contribution in [0.1, 0.15) is 10.4 Å². The van der Waals surface area contributed by atoms with E-state index in [-0.39, 0.29) is 18.0 Å². The standard InChI is InChI=1S/C23H18N4O4/c28-15-20-22(30)25-27(23(20)31)19-8-6-18(7-9-19)24-21(29)14-26-12-10-17(11-13-26)16-4-2-1-3-5-16/h1-13,15H,14H2,(H2-,24,25,28,29,30,31)/p+1. The number of anilines is 1. The van der Waals surface area contributed by atoms with Gasteiger partial charge in [-0.25, -0.2) is 4.68 Å². The summed E-state index contributed by atoms with van der Waals surface area (Å²) < 4.78 is 2.88. The molecule has 0 saturated heterocycles. The van der Waals surface area contributed by atoms with Gasteiger partial charge in [-0.2, -0.15) is 4.57 Å². The quantitative estimate of drug-likeness (QED) is 0.332. The van der Waals surface area contributed by atoms with E-state index >= 15 is 0 Å². The first-order valence-electron chi connectivity index (χ1n) is 9.49. The maximum atomic E-state index is 12.4. The van der Waals surface area contributed by atoms with Crippen molar-refractivity contribution in [1.82, 2.24) is 9.78 Å². The third-order valence-electron chi connectivity index (χ3n) is 4.76. The highest BCUT2D eigenvalue weighted by Crippen LogP contribution is 2.19. The second-order valence-corrected chi connectivity index (χ2v) is 6.85. The minimum atomic E-state index is -0.680. The molecule has 0 atom stereocenters. The van der Waals surface area contributed by atoms with Crippen molar-refractivity contribution < 1.29 is 19.3 Å². The van der Waals surface area contributed by atoms with Crippen LogP contribution in [-0.4, -0.2) is 27.1 Å². The number of hydrogen-bond acceptors (Lipinski definition) is 4. The molecular weight excluding hydrogens is 396 g/mol. The second-order valence-electron chi connectivity index (χ2n) is 6.85. The lowest BCUT2D eigenvalue weighted by molar-refractivity contribution is -0.684. The number of pyridine rings is 1. The van der Waals surface area contributed by atoms with Crippen molar-refractivity contribution in [3.05, 3.63) is 95.0 Å². The molecule has 0 saturated carbocycles. The maximum Gasteiger partial charge on any atom is 0.290 e. The fourth-order valence-corrected chi connectivity index (χ4v) is 3.18. The van der Waals surface area contributed by atoms with Crippen LogP contribution < -0.4 is 15.4 Å². The van der Waals surface area contributed by atoms with Crippen LogP contribution in [-0.2, 0) is 11.3 Å². The topological polar surface area (TPSA) is 108 Å². The number of rotatable bonds is 6. The predicted molar refractivity (Wildman–Crippen MR) is 114 cm³/mol. The maximum absolute atomic E-state index is 12.4. The number of aldehydes is 1. The van der Waals surface area contributed by atoms with Gasteiger partial charge in [0.25, 0.3) is 11.5 Å². The zero-order valence-corrected chi connectivity index (χ0v) is 16.4. The molecule has 3 N–H and O–H groups in total. The minimum absolute atomic E-state index is 0.144. The molecule has 8 nitrogen and oxygen atoms in total. The fourth-order valence-electron chi connectivity index (χ4n) is 3.18. The average molecular weight is 415 g/mol. The van der Waals surface area contributed by atoms with Crippen LogP contribution in [0.5, 0.6) is 5.88 Å². The summed E-state index contributed by atoms with van der Waals surface area (Å²) in [5.74, 6) is -0.669. The normalized spacial score (nSPS) is 10.6. The van der Waals surface area contributed by atoms with E-state index in [1.165, 1.54) is 0 Å². The predicted octanol–water partition coefficient (Wildman–Crippen LogP) is 2.28. The molecule has 0 bridgehead atoms. The van der Waals surface area contributed by atoms with Crippen molar-refractivity contribution in [2.45, 2.75) is 6.54 Å². The van der Waals surface area contributed by atoms with Crippen molar-refractivity contribution in [2.24, 2.45) is 0 Å². The van der Waals surface area contributed by atoms with Crippen LogP contribution in [0.3, 0.4) is 0 Å². The molecule has 0 aliphatic heterocycles. The summed E-state index contributed by atoms with van der Waals surface area (Å²) in [6.07, 6.45) is 3.99. The van der Waals surface area contributed by atoms with Crippen molar-refractivity contribution in [3.8, 4) is 22.7 Å². The molecule has 0 fully saturated rings. The number of aromatic hydroxyl groups is 1. The SMILES string of the molecule is O=Cc1c(O)n(-c2ccc(NC(=O)C[n+]3ccc(-c4ccccc4)cc3)cc2)[nH]c1=O. The van der Waals surface area contributed by atoms with Crippen molar-refractivity contribution in [2.75, 3.05) is 5.32 Å². The molecule has 0 unspecified atom stereocenters. The Morgan fingerprint density at radius 2 is 1.65 bits per heavy atom. The highest BCUT2D eigenvalue weighted by Gasteiger charge is 2.15. The molecule has 2 aromatic carbocycles. The van der Waals surface area contributed by atoms with Gasteiger partial charge in [0.2, 0.25) is 12.4 Å².